The molecule has 1 nitrogen and oxygen atoms in total. The van der Waals surface area contributed by atoms with Crippen LogP contribution in [0.2, 0.25) is 0 Å². The molecule has 1 unspecified atom stereocenters. The second-order valence-electron chi connectivity index (χ2n) is 4.81. The van der Waals surface area contributed by atoms with Gasteiger partial charge in [0.25, 0.3) is 0 Å². The molecule has 0 amide bonds. The van der Waals surface area contributed by atoms with E-state index in [2.05, 4.69) is 29.9 Å². The lowest BCUT2D eigenvalue weighted by molar-refractivity contribution is 0.512. The van der Waals surface area contributed by atoms with Crippen LogP contribution in [-0.2, 0) is 6.42 Å². The molecule has 0 fully saturated rings. The molecule has 0 aliphatic rings. The lowest BCUT2D eigenvalue weighted by Crippen LogP contribution is -2.24. The maximum Gasteiger partial charge on any atom is 0.126 e. The van der Waals surface area contributed by atoms with Crippen molar-refractivity contribution in [2.24, 2.45) is 0 Å². The van der Waals surface area contributed by atoms with Gasteiger partial charge in [0.05, 0.1) is 0 Å². The van der Waals surface area contributed by atoms with Crippen LogP contribution < -0.4 is 5.32 Å². The van der Waals surface area contributed by atoms with E-state index in [9.17, 15) is 4.39 Å². The van der Waals surface area contributed by atoms with Gasteiger partial charge in [-0.25, -0.2) is 4.39 Å². The molecule has 19 heavy (non-hydrogen) atoms. The Kier molecular flexibility index (Phi) is 5.11. The van der Waals surface area contributed by atoms with Crippen LogP contribution in [0.25, 0.3) is 0 Å². The van der Waals surface area contributed by atoms with Crippen molar-refractivity contribution in [2.75, 3.05) is 6.54 Å². The van der Waals surface area contributed by atoms with E-state index in [1.807, 2.05) is 12.1 Å². The highest BCUT2D eigenvalue weighted by Crippen LogP contribution is 2.25. The van der Waals surface area contributed by atoms with Gasteiger partial charge < -0.3 is 5.32 Å². The summed E-state index contributed by atoms with van der Waals surface area (Å²) in [5.41, 5.74) is 3.36. The molecule has 0 saturated heterocycles. The number of thiophene rings is 1. The maximum absolute atomic E-state index is 13.8. The summed E-state index contributed by atoms with van der Waals surface area (Å²) in [5, 5.41) is 7.85. The molecule has 2 aromatic rings. The lowest BCUT2D eigenvalue weighted by Gasteiger charge is -2.19. The lowest BCUT2D eigenvalue weighted by atomic mass is 9.98. The smallest absolute Gasteiger partial charge is 0.126 e. The predicted molar refractivity (Wildman–Crippen MR) is 80.2 cm³/mol. The number of benzene rings is 1. The number of nitrogens with one attached hydrogen (secondary N) is 1. The Bertz CT molecular complexity index is 521. The molecular formula is C16H20FNS. The van der Waals surface area contributed by atoms with Gasteiger partial charge in [-0.05, 0) is 59.8 Å². The zero-order chi connectivity index (χ0) is 13.7. The summed E-state index contributed by atoms with van der Waals surface area (Å²) in [4.78, 5) is 0. The molecule has 0 radical (unpaired) electrons. The van der Waals surface area contributed by atoms with Crippen LogP contribution in [0.15, 0.2) is 35.0 Å². The van der Waals surface area contributed by atoms with Crippen molar-refractivity contribution < 1.29 is 4.39 Å². The van der Waals surface area contributed by atoms with Crippen molar-refractivity contribution in [3.05, 3.63) is 57.5 Å². The van der Waals surface area contributed by atoms with Gasteiger partial charge in [-0.3, -0.25) is 0 Å². The Hall–Kier alpha value is -1.19. The molecule has 0 aliphatic carbocycles. The molecule has 0 aliphatic heterocycles. The second-order valence-corrected chi connectivity index (χ2v) is 5.56. The van der Waals surface area contributed by atoms with Crippen LogP contribution in [0.3, 0.4) is 0 Å². The van der Waals surface area contributed by atoms with Gasteiger partial charge >= 0.3 is 0 Å². The van der Waals surface area contributed by atoms with Gasteiger partial charge in [-0.15, -0.1) is 0 Å². The summed E-state index contributed by atoms with van der Waals surface area (Å²) in [6, 6.07) is 7.24. The van der Waals surface area contributed by atoms with Gasteiger partial charge in [0, 0.05) is 6.04 Å². The van der Waals surface area contributed by atoms with Crippen LogP contribution in [0.5, 0.6) is 0 Å². The zero-order valence-corrected chi connectivity index (χ0v) is 12.3. The second kappa shape index (κ2) is 6.83. The van der Waals surface area contributed by atoms with E-state index >= 15 is 0 Å². The summed E-state index contributed by atoms with van der Waals surface area (Å²) in [6.45, 7) is 5.22. The monoisotopic (exact) mass is 277 g/mol. The quantitative estimate of drug-likeness (QED) is 0.821. The Morgan fingerprint density at radius 3 is 2.68 bits per heavy atom. The van der Waals surface area contributed by atoms with Gasteiger partial charge in [-0.2, -0.15) is 11.3 Å². The molecule has 0 bridgehead atoms. The molecule has 1 aromatic carbocycles. The predicted octanol–water partition coefficient (Wildman–Crippen LogP) is 4.48. The highest BCUT2D eigenvalue weighted by molar-refractivity contribution is 7.08. The average molecular weight is 277 g/mol. The molecule has 102 valence electrons. The topological polar surface area (TPSA) is 12.0 Å². The van der Waals surface area contributed by atoms with Crippen molar-refractivity contribution >= 4 is 11.3 Å². The molecular weight excluding hydrogens is 257 g/mol. The van der Waals surface area contributed by atoms with E-state index in [1.54, 1.807) is 17.4 Å². The first-order valence-electron chi connectivity index (χ1n) is 6.71. The number of aryl methyl sites for hydroxylation is 1. The maximum atomic E-state index is 13.8. The first-order chi connectivity index (χ1) is 9.22. The fourth-order valence-corrected chi connectivity index (χ4v) is 3.13. The van der Waals surface area contributed by atoms with Crippen molar-refractivity contribution in [1.29, 1.82) is 0 Å². The normalized spacial score (nSPS) is 12.6. The third-order valence-electron chi connectivity index (χ3n) is 3.29. The summed E-state index contributed by atoms with van der Waals surface area (Å²) in [6.07, 6.45) is 1.78. The number of rotatable bonds is 6. The molecule has 0 saturated carbocycles. The summed E-state index contributed by atoms with van der Waals surface area (Å²) < 4.78 is 13.8. The standard InChI is InChI=1S/C16H20FNS/c1-3-8-18-16(14-11-19-10-12(14)2)9-13-6-4-5-7-15(13)17/h4-7,10-11,16,18H,3,8-9H2,1-2H3. The first kappa shape index (κ1) is 14.2. The van der Waals surface area contributed by atoms with Gasteiger partial charge in [0.15, 0.2) is 0 Å². The van der Waals surface area contributed by atoms with E-state index in [1.165, 1.54) is 17.2 Å². The Labute approximate surface area is 118 Å². The number of halogens is 1. The van der Waals surface area contributed by atoms with Crippen molar-refractivity contribution in [3.63, 3.8) is 0 Å². The van der Waals surface area contributed by atoms with Crippen LogP contribution in [0, 0.1) is 12.7 Å². The zero-order valence-electron chi connectivity index (χ0n) is 11.4. The van der Waals surface area contributed by atoms with Crippen LogP contribution in [-0.4, -0.2) is 6.54 Å². The van der Waals surface area contributed by atoms with Gasteiger partial charge in [-0.1, -0.05) is 25.1 Å². The van der Waals surface area contributed by atoms with Gasteiger partial charge in [0.2, 0.25) is 0 Å². The van der Waals surface area contributed by atoms with E-state index < -0.39 is 0 Å². The van der Waals surface area contributed by atoms with Crippen molar-refractivity contribution in [2.45, 2.75) is 32.7 Å². The Morgan fingerprint density at radius 2 is 2.05 bits per heavy atom. The SMILES string of the molecule is CCCNC(Cc1ccccc1F)c1cscc1C. The third-order valence-corrected chi connectivity index (χ3v) is 4.17. The molecule has 1 N–H and O–H groups in total. The van der Waals surface area contributed by atoms with Crippen molar-refractivity contribution in [1.82, 2.24) is 5.32 Å². The van der Waals surface area contributed by atoms with Crippen LogP contribution in [0.1, 0.15) is 36.1 Å². The minimum absolute atomic E-state index is 0.112. The highest BCUT2D eigenvalue weighted by Gasteiger charge is 2.16. The van der Waals surface area contributed by atoms with Gasteiger partial charge in [0.1, 0.15) is 5.82 Å². The fourth-order valence-electron chi connectivity index (χ4n) is 2.22. The summed E-state index contributed by atoms with van der Waals surface area (Å²) in [5.74, 6) is -0.112. The molecule has 0 spiro atoms. The number of hydrogen-bond donors (Lipinski definition) is 1. The summed E-state index contributed by atoms with van der Waals surface area (Å²) in [7, 11) is 0. The average Bonchev–Trinajstić information content (AvgIpc) is 2.83. The molecule has 1 heterocycles. The molecule has 1 aromatic heterocycles. The van der Waals surface area contributed by atoms with Crippen LogP contribution in [0.4, 0.5) is 4.39 Å². The van der Waals surface area contributed by atoms with Crippen molar-refractivity contribution in [3.8, 4) is 0 Å². The molecule has 2 rings (SSSR count). The first-order valence-corrected chi connectivity index (χ1v) is 7.66. The Morgan fingerprint density at radius 1 is 1.26 bits per heavy atom. The van der Waals surface area contributed by atoms with E-state index in [4.69, 9.17) is 0 Å². The molecule has 3 heteroatoms. The minimum Gasteiger partial charge on any atom is -0.310 e. The highest BCUT2D eigenvalue weighted by atomic mass is 32.1. The fraction of sp³-hybridized carbons (Fsp3) is 0.375. The van der Waals surface area contributed by atoms with E-state index in [0.29, 0.717) is 6.42 Å². The third kappa shape index (κ3) is 3.64. The molecule has 1 atom stereocenters. The number of hydrogen-bond acceptors (Lipinski definition) is 2. The van der Waals surface area contributed by atoms with Crippen LogP contribution >= 0.6 is 11.3 Å². The summed E-state index contributed by atoms with van der Waals surface area (Å²) >= 11 is 1.71. The largest absolute Gasteiger partial charge is 0.310 e. The Balaban J connectivity index is 2.19. The minimum atomic E-state index is -0.112. The van der Waals surface area contributed by atoms with E-state index in [0.717, 1.165) is 18.5 Å². The van der Waals surface area contributed by atoms with E-state index in [-0.39, 0.29) is 11.9 Å².